The van der Waals surface area contributed by atoms with Crippen molar-refractivity contribution in [1.82, 2.24) is 21.3 Å². The number of fused-ring (bicyclic) bond motifs is 18. The molecule has 15 heteroatoms. The van der Waals surface area contributed by atoms with Crippen LogP contribution in [0, 0.1) is 0 Å². The maximum atomic E-state index is 14.4. The zero-order valence-electron chi connectivity index (χ0n) is 31.6. The molecule has 0 radical (unpaired) electrons. The number of hydrogen-bond acceptors (Lipinski definition) is 9. The van der Waals surface area contributed by atoms with Gasteiger partial charge in [0.2, 0.25) is 17.7 Å². The Bertz CT molecular complexity index is 2240. The predicted octanol–water partition coefficient (Wildman–Crippen LogP) is 2.38. The number of anilines is 1. The normalized spacial score (nSPS) is 22.2. The van der Waals surface area contributed by atoms with Crippen LogP contribution >= 0.6 is 11.3 Å². The molecule has 7 rings (SSSR count). The van der Waals surface area contributed by atoms with E-state index in [1.165, 1.54) is 35.6 Å². The third kappa shape index (κ3) is 11.5. The molecule has 0 saturated carbocycles. The largest absolute Gasteiger partial charge is 0.480 e. The van der Waals surface area contributed by atoms with Gasteiger partial charge in [0.25, 0.3) is 11.8 Å². The average molecular weight is 818 g/mol. The zero-order valence-corrected chi connectivity index (χ0v) is 32.4. The molecule has 0 saturated heterocycles. The average Bonchev–Trinajstić information content (AvgIpc) is 3.76. The van der Waals surface area contributed by atoms with E-state index in [0.29, 0.717) is 21.6 Å². The highest BCUT2D eigenvalue weighted by Gasteiger charge is 2.35. The van der Waals surface area contributed by atoms with Gasteiger partial charge in [0.15, 0.2) is 12.2 Å². The summed E-state index contributed by atoms with van der Waals surface area (Å²) >= 11 is 1.29. The van der Waals surface area contributed by atoms with Crippen molar-refractivity contribution in [3.8, 4) is 11.1 Å². The Morgan fingerprint density at radius 1 is 0.542 bits per heavy atom. The second kappa shape index (κ2) is 19.7. The van der Waals surface area contributed by atoms with Gasteiger partial charge in [0.05, 0.1) is 0 Å². The molecular formula is C44H43N5O9S. The number of aliphatic hydroxyl groups excluding tert-OH is 2. The van der Waals surface area contributed by atoms with Crippen LogP contribution in [0.4, 0.5) is 5.69 Å². The highest BCUT2D eigenvalue weighted by molar-refractivity contribution is 7.09. The van der Waals surface area contributed by atoms with Crippen molar-refractivity contribution in [2.24, 2.45) is 0 Å². The van der Waals surface area contributed by atoms with E-state index in [2.05, 4.69) is 26.6 Å². The summed E-state index contributed by atoms with van der Waals surface area (Å²) < 4.78 is 0. The van der Waals surface area contributed by atoms with Crippen LogP contribution in [0.15, 0.2) is 127 Å². The molecule has 14 nitrogen and oxygen atoms in total. The number of aliphatic hydroxyl groups is 2. The third-order valence-corrected chi connectivity index (χ3v) is 10.7. The van der Waals surface area contributed by atoms with E-state index in [1.54, 1.807) is 60.0 Å². The van der Waals surface area contributed by atoms with E-state index in [0.717, 1.165) is 11.1 Å². The summed E-state index contributed by atoms with van der Waals surface area (Å²) in [6.07, 6.45) is -4.89. The fourth-order valence-electron chi connectivity index (χ4n) is 6.54. The van der Waals surface area contributed by atoms with E-state index < -0.39 is 71.9 Å². The molecule has 0 spiro atoms. The van der Waals surface area contributed by atoms with Gasteiger partial charge in [-0.2, -0.15) is 0 Å². The van der Waals surface area contributed by atoms with Crippen LogP contribution < -0.4 is 26.6 Å². The van der Waals surface area contributed by atoms with Crippen molar-refractivity contribution < 1.29 is 44.1 Å². The molecule has 5 aromatic rings. The maximum absolute atomic E-state index is 14.4. The number of thiophene rings is 1. The van der Waals surface area contributed by atoms with Crippen molar-refractivity contribution in [1.29, 1.82) is 0 Å². The lowest BCUT2D eigenvalue weighted by Gasteiger charge is -2.27. The first kappa shape index (κ1) is 41.9. The van der Waals surface area contributed by atoms with Gasteiger partial charge in [-0.1, -0.05) is 103 Å². The molecule has 1 aromatic heterocycles. The number of carboxylic acid groups (broad SMARTS) is 1. The summed E-state index contributed by atoms with van der Waals surface area (Å²) in [7, 11) is 0. The van der Waals surface area contributed by atoms with Gasteiger partial charge < -0.3 is 41.9 Å². The molecule has 0 aliphatic carbocycles. The minimum Gasteiger partial charge on any atom is -0.480 e. The van der Waals surface area contributed by atoms with Crippen LogP contribution in [0.2, 0.25) is 0 Å². The Kier molecular flexibility index (Phi) is 14.0. The molecule has 8 N–H and O–H groups in total. The molecule has 304 valence electrons. The van der Waals surface area contributed by atoms with Crippen LogP contribution in [0.5, 0.6) is 0 Å². The number of carbonyl (C=O) groups excluding carboxylic acids is 5. The Balaban J connectivity index is 1.37. The van der Waals surface area contributed by atoms with Gasteiger partial charge in [-0.15, -0.1) is 11.3 Å². The highest BCUT2D eigenvalue weighted by atomic mass is 32.1. The summed E-state index contributed by atoms with van der Waals surface area (Å²) in [5.41, 5.74) is 3.80. The van der Waals surface area contributed by atoms with E-state index in [4.69, 9.17) is 0 Å². The van der Waals surface area contributed by atoms with Crippen molar-refractivity contribution in [3.63, 3.8) is 0 Å². The zero-order chi connectivity index (χ0) is 41.9. The summed E-state index contributed by atoms with van der Waals surface area (Å²) in [4.78, 5) is 82.0. The van der Waals surface area contributed by atoms with Crippen molar-refractivity contribution in [2.75, 3.05) is 5.32 Å². The minimum atomic E-state index is -2.30. The molecular weight excluding hydrogens is 775 g/mol. The quantitative estimate of drug-likeness (QED) is 0.108. The van der Waals surface area contributed by atoms with E-state index in [9.17, 15) is 44.1 Å². The number of aliphatic carboxylic acids is 1. The molecule has 4 aromatic carbocycles. The standard InChI is InChI=1S/C44H43N5O9S/c50-37-38(51)43(56)48-35(25-32-12-7-21-59-32)41(54)47-34(23-27-13-17-30(18-14-27)29-10-5-2-6-11-29)39(52)46-33(22-26-8-3-1-4-9-26)40(53)49-36(44(57)58)24-28-15-19-31(20-16-28)45-42(37)55/h1-21,33-38,50-51H,22-25H2,(H,45,55)(H,46,52)(H,47,54)(H,48,56)(H,49,53)(H,57,58)/t33-,34+,35+,36-,37-,38-/m1/s1. The molecule has 6 atom stereocenters. The number of rotatable bonds is 8. The van der Waals surface area contributed by atoms with Crippen molar-refractivity contribution >= 4 is 52.5 Å². The number of hydrogen-bond donors (Lipinski definition) is 8. The lowest BCUT2D eigenvalue weighted by molar-refractivity contribution is -0.145. The van der Waals surface area contributed by atoms with Crippen LogP contribution in [-0.4, -0.2) is 87.2 Å². The number of benzene rings is 4. The van der Waals surface area contributed by atoms with Crippen LogP contribution in [0.25, 0.3) is 11.1 Å². The molecule has 2 aliphatic rings. The summed E-state index contributed by atoms with van der Waals surface area (Å²) in [5.74, 6) is -6.08. The Hall–Kier alpha value is -6.68. The lowest BCUT2D eigenvalue weighted by Crippen LogP contribution is -2.60. The SMILES string of the molecule is O=C1N[C@H](Cc2ccccc2)C(=O)N[C@@H](C(=O)O)Cc2ccc(cc2)NC(=O)[C@H](O)[C@@H](O)C(=O)N[C@@H](Cc2cccs2)C(=O)N[C@H]1Cc1ccc(-c2ccccc2)cc1. The van der Waals surface area contributed by atoms with Gasteiger partial charge in [-0.05, 0) is 51.4 Å². The Morgan fingerprint density at radius 2 is 1.05 bits per heavy atom. The summed E-state index contributed by atoms with van der Waals surface area (Å²) in [5, 5.41) is 46.3. The van der Waals surface area contributed by atoms with Crippen molar-refractivity contribution in [3.05, 3.63) is 148 Å². The number of nitrogens with one attached hydrogen (secondary N) is 5. The first-order chi connectivity index (χ1) is 28.4. The van der Waals surface area contributed by atoms with Gasteiger partial charge >= 0.3 is 5.97 Å². The number of carboxylic acids is 1. The predicted molar refractivity (Wildman–Crippen MR) is 220 cm³/mol. The maximum Gasteiger partial charge on any atom is 0.326 e. The lowest BCUT2D eigenvalue weighted by atomic mass is 9.99. The first-order valence-electron chi connectivity index (χ1n) is 18.8. The van der Waals surface area contributed by atoms with Gasteiger partial charge in [0.1, 0.15) is 24.2 Å². The smallest absolute Gasteiger partial charge is 0.326 e. The Labute approximate surface area is 343 Å². The topological polar surface area (TPSA) is 223 Å². The molecule has 3 heterocycles. The fourth-order valence-corrected chi connectivity index (χ4v) is 7.30. The highest BCUT2D eigenvalue weighted by Crippen LogP contribution is 2.21. The Morgan fingerprint density at radius 3 is 1.63 bits per heavy atom. The second-order valence-electron chi connectivity index (χ2n) is 14.1. The number of amides is 5. The van der Waals surface area contributed by atoms with E-state index in [1.807, 2.05) is 42.5 Å². The molecule has 5 amide bonds. The molecule has 0 unspecified atom stereocenters. The van der Waals surface area contributed by atoms with Gasteiger partial charge in [-0.3, -0.25) is 24.0 Å². The molecule has 0 fully saturated rings. The van der Waals surface area contributed by atoms with E-state index >= 15 is 0 Å². The fraction of sp³-hybridized carbons (Fsp3) is 0.227. The monoisotopic (exact) mass is 817 g/mol. The molecule has 2 aliphatic heterocycles. The molecule has 2 bridgehead atoms. The van der Waals surface area contributed by atoms with E-state index in [-0.39, 0.29) is 31.4 Å². The third-order valence-electron chi connectivity index (χ3n) is 9.78. The summed E-state index contributed by atoms with van der Waals surface area (Å²) in [6, 6.07) is 29.6. The first-order valence-corrected chi connectivity index (χ1v) is 19.7. The second-order valence-corrected chi connectivity index (χ2v) is 15.1. The van der Waals surface area contributed by atoms with Crippen LogP contribution in [-0.2, 0) is 54.5 Å². The van der Waals surface area contributed by atoms with Crippen molar-refractivity contribution in [2.45, 2.75) is 62.1 Å². The van der Waals surface area contributed by atoms with Crippen LogP contribution in [0.1, 0.15) is 21.6 Å². The van der Waals surface area contributed by atoms with Gasteiger partial charge in [-0.25, -0.2) is 4.79 Å². The minimum absolute atomic E-state index is 0.0249. The van der Waals surface area contributed by atoms with Gasteiger partial charge in [0, 0.05) is 36.2 Å². The molecule has 59 heavy (non-hydrogen) atoms. The van der Waals surface area contributed by atoms with Crippen LogP contribution in [0.3, 0.4) is 0 Å². The summed E-state index contributed by atoms with van der Waals surface area (Å²) in [6.45, 7) is 0. The number of carbonyl (C=O) groups is 6.